The van der Waals surface area contributed by atoms with Crippen LogP contribution in [-0.4, -0.2) is 17.7 Å². The van der Waals surface area contributed by atoms with Gasteiger partial charge in [-0.25, -0.2) is 0 Å². The van der Waals surface area contributed by atoms with Gasteiger partial charge in [0, 0.05) is 0 Å². The van der Waals surface area contributed by atoms with E-state index in [9.17, 15) is 4.79 Å². The standard InChI is InChI=1S/C12H12O3/c1-3-6-15-11-5-4-10(7-9(11)2)8-12(13)14/h1,4-5,7H,6,8H2,2H3,(H,13,14). The molecule has 0 amide bonds. The maximum Gasteiger partial charge on any atom is 0.307 e. The number of carboxylic acids is 1. The molecule has 0 atom stereocenters. The Morgan fingerprint density at radius 1 is 1.60 bits per heavy atom. The molecule has 0 aliphatic heterocycles. The third kappa shape index (κ3) is 3.35. The minimum atomic E-state index is -0.841. The van der Waals surface area contributed by atoms with Gasteiger partial charge in [0.25, 0.3) is 0 Å². The molecule has 0 heterocycles. The zero-order valence-electron chi connectivity index (χ0n) is 8.49. The molecule has 0 aromatic heterocycles. The summed E-state index contributed by atoms with van der Waals surface area (Å²) in [4.78, 5) is 10.5. The molecule has 0 radical (unpaired) electrons. The van der Waals surface area contributed by atoms with Crippen LogP contribution in [0.15, 0.2) is 18.2 Å². The topological polar surface area (TPSA) is 46.5 Å². The summed E-state index contributed by atoms with van der Waals surface area (Å²) >= 11 is 0. The summed E-state index contributed by atoms with van der Waals surface area (Å²) in [6.45, 7) is 2.08. The minimum absolute atomic E-state index is 0.0241. The zero-order chi connectivity index (χ0) is 11.3. The van der Waals surface area contributed by atoms with Crippen molar-refractivity contribution in [1.29, 1.82) is 0 Å². The Bertz CT molecular complexity index is 402. The van der Waals surface area contributed by atoms with Gasteiger partial charge >= 0.3 is 5.97 Å². The summed E-state index contributed by atoms with van der Waals surface area (Å²) in [6.07, 6.45) is 5.09. The fourth-order valence-corrected chi connectivity index (χ4v) is 1.28. The molecule has 3 nitrogen and oxygen atoms in total. The van der Waals surface area contributed by atoms with E-state index in [0.29, 0.717) is 5.75 Å². The van der Waals surface area contributed by atoms with Crippen molar-refractivity contribution in [2.24, 2.45) is 0 Å². The molecule has 0 fully saturated rings. The summed E-state index contributed by atoms with van der Waals surface area (Å²) in [6, 6.07) is 5.26. The van der Waals surface area contributed by atoms with E-state index in [1.807, 2.05) is 6.92 Å². The largest absolute Gasteiger partial charge is 0.481 e. The second-order valence-electron chi connectivity index (χ2n) is 3.16. The first-order chi connectivity index (χ1) is 7.13. The molecule has 0 unspecified atom stereocenters. The van der Waals surface area contributed by atoms with Gasteiger partial charge < -0.3 is 9.84 Å². The van der Waals surface area contributed by atoms with E-state index in [1.54, 1.807) is 18.2 Å². The lowest BCUT2D eigenvalue weighted by Gasteiger charge is -2.07. The second kappa shape index (κ2) is 5.06. The maximum absolute atomic E-state index is 10.5. The van der Waals surface area contributed by atoms with E-state index in [1.165, 1.54) is 0 Å². The Kier molecular flexibility index (Phi) is 3.75. The van der Waals surface area contributed by atoms with Crippen molar-refractivity contribution in [3.8, 4) is 18.1 Å². The molecular weight excluding hydrogens is 192 g/mol. The molecular formula is C12H12O3. The molecule has 1 aromatic rings. The van der Waals surface area contributed by atoms with Crippen LogP contribution in [0.4, 0.5) is 0 Å². The van der Waals surface area contributed by atoms with E-state index in [-0.39, 0.29) is 13.0 Å². The van der Waals surface area contributed by atoms with Crippen molar-refractivity contribution >= 4 is 5.97 Å². The maximum atomic E-state index is 10.5. The third-order valence-electron chi connectivity index (χ3n) is 1.91. The molecule has 1 rings (SSSR count). The quantitative estimate of drug-likeness (QED) is 0.758. The lowest BCUT2D eigenvalue weighted by Crippen LogP contribution is -2.01. The SMILES string of the molecule is C#CCOc1ccc(CC(=O)O)cc1C. The molecule has 0 saturated carbocycles. The van der Waals surface area contributed by atoms with E-state index in [0.717, 1.165) is 11.1 Å². The summed E-state index contributed by atoms with van der Waals surface area (Å²) in [7, 11) is 0. The van der Waals surface area contributed by atoms with Gasteiger partial charge in [-0.05, 0) is 24.1 Å². The summed E-state index contributed by atoms with van der Waals surface area (Å²) in [5, 5.41) is 8.61. The first-order valence-electron chi connectivity index (χ1n) is 4.51. The van der Waals surface area contributed by atoms with Crippen LogP contribution in [0.3, 0.4) is 0 Å². The number of hydrogen-bond acceptors (Lipinski definition) is 2. The van der Waals surface area contributed by atoms with Crippen molar-refractivity contribution in [3.05, 3.63) is 29.3 Å². The Labute approximate surface area is 88.7 Å². The summed E-state index contributed by atoms with van der Waals surface area (Å²) in [5.74, 6) is 2.23. The molecule has 15 heavy (non-hydrogen) atoms. The van der Waals surface area contributed by atoms with E-state index >= 15 is 0 Å². The predicted molar refractivity (Wildman–Crippen MR) is 56.8 cm³/mol. The first kappa shape index (κ1) is 11.1. The first-order valence-corrected chi connectivity index (χ1v) is 4.51. The van der Waals surface area contributed by atoms with Crippen LogP contribution in [-0.2, 0) is 11.2 Å². The van der Waals surface area contributed by atoms with Gasteiger partial charge in [0.15, 0.2) is 0 Å². The van der Waals surface area contributed by atoms with Crippen LogP contribution in [0, 0.1) is 19.3 Å². The number of carbonyl (C=O) groups is 1. The van der Waals surface area contributed by atoms with Crippen molar-refractivity contribution < 1.29 is 14.6 Å². The van der Waals surface area contributed by atoms with Crippen molar-refractivity contribution in [2.45, 2.75) is 13.3 Å². The van der Waals surface area contributed by atoms with Gasteiger partial charge in [-0.1, -0.05) is 18.1 Å². The molecule has 1 aromatic carbocycles. The number of hydrogen-bond donors (Lipinski definition) is 1. The van der Waals surface area contributed by atoms with Gasteiger partial charge in [0.2, 0.25) is 0 Å². The number of ether oxygens (including phenoxy) is 1. The molecule has 3 heteroatoms. The number of benzene rings is 1. The minimum Gasteiger partial charge on any atom is -0.481 e. The van der Waals surface area contributed by atoms with E-state index in [4.69, 9.17) is 16.3 Å². The summed E-state index contributed by atoms with van der Waals surface area (Å²) < 4.78 is 5.26. The Morgan fingerprint density at radius 3 is 2.87 bits per heavy atom. The number of aryl methyl sites for hydroxylation is 1. The van der Waals surface area contributed by atoms with Crippen molar-refractivity contribution in [3.63, 3.8) is 0 Å². The highest BCUT2D eigenvalue weighted by Crippen LogP contribution is 2.19. The highest BCUT2D eigenvalue weighted by molar-refractivity contribution is 5.70. The van der Waals surface area contributed by atoms with Gasteiger partial charge in [-0.3, -0.25) is 4.79 Å². The van der Waals surface area contributed by atoms with Gasteiger partial charge in [0.1, 0.15) is 12.4 Å². The van der Waals surface area contributed by atoms with Crippen LogP contribution in [0.25, 0.3) is 0 Å². The number of terminal acetylenes is 1. The lowest BCUT2D eigenvalue weighted by atomic mass is 10.1. The third-order valence-corrected chi connectivity index (χ3v) is 1.91. The smallest absolute Gasteiger partial charge is 0.307 e. The monoisotopic (exact) mass is 204 g/mol. The molecule has 0 spiro atoms. The van der Waals surface area contributed by atoms with Gasteiger partial charge in [-0.2, -0.15) is 0 Å². The van der Waals surface area contributed by atoms with Crippen LogP contribution >= 0.6 is 0 Å². The van der Waals surface area contributed by atoms with Gasteiger partial charge in [0.05, 0.1) is 6.42 Å². The fourth-order valence-electron chi connectivity index (χ4n) is 1.28. The lowest BCUT2D eigenvalue weighted by molar-refractivity contribution is -0.136. The summed E-state index contributed by atoms with van der Waals surface area (Å²) in [5.41, 5.74) is 1.65. The normalized spacial score (nSPS) is 9.33. The number of carboxylic acid groups (broad SMARTS) is 1. The number of rotatable bonds is 4. The van der Waals surface area contributed by atoms with E-state index in [2.05, 4.69) is 5.92 Å². The molecule has 0 bridgehead atoms. The molecule has 0 aliphatic carbocycles. The Morgan fingerprint density at radius 2 is 2.33 bits per heavy atom. The highest BCUT2D eigenvalue weighted by Gasteiger charge is 2.04. The number of aliphatic carboxylic acids is 1. The van der Waals surface area contributed by atoms with Crippen molar-refractivity contribution in [1.82, 2.24) is 0 Å². The average Bonchev–Trinajstić information content (AvgIpc) is 2.15. The van der Waals surface area contributed by atoms with Gasteiger partial charge in [-0.15, -0.1) is 6.42 Å². The van der Waals surface area contributed by atoms with Crippen LogP contribution < -0.4 is 4.74 Å². The van der Waals surface area contributed by atoms with Crippen LogP contribution in [0.1, 0.15) is 11.1 Å². The van der Waals surface area contributed by atoms with Crippen LogP contribution in [0.2, 0.25) is 0 Å². The molecule has 0 saturated heterocycles. The predicted octanol–water partition coefficient (Wildman–Crippen LogP) is 1.63. The molecule has 78 valence electrons. The molecule has 1 N–H and O–H groups in total. The van der Waals surface area contributed by atoms with Crippen LogP contribution in [0.5, 0.6) is 5.75 Å². The second-order valence-corrected chi connectivity index (χ2v) is 3.16. The highest BCUT2D eigenvalue weighted by atomic mass is 16.5. The average molecular weight is 204 g/mol. The van der Waals surface area contributed by atoms with E-state index < -0.39 is 5.97 Å². The van der Waals surface area contributed by atoms with Crippen molar-refractivity contribution in [2.75, 3.05) is 6.61 Å². The zero-order valence-corrected chi connectivity index (χ0v) is 8.49. The Balaban J connectivity index is 2.79. The Hall–Kier alpha value is -1.95. The fraction of sp³-hybridized carbons (Fsp3) is 0.250. The molecule has 0 aliphatic rings.